The molecular formula is C31H31FN4O2S. The van der Waals surface area contributed by atoms with E-state index >= 15 is 0 Å². The van der Waals surface area contributed by atoms with Crippen LogP contribution < -0.4 is 10.2 Å². The van der Waals surface area contributed by atoms with Crippen molar-refractivity contribution in [2.75, 3.05) is 17.2 Å². The Balaban J connectivity index is 1.84. The van der Waals surface area contributed by atoms with Crippen molar-refractivity contribution in [3.8, 4) is 16.9 Å². The molecule has 0 fully saturated rings. The van der Waals surface area contributed by atoms with Gasteiger partial charge in [0.15, 0.2) is 0 Å². The van der Waals surface area contributed by atoms with E-state index in [1.807, 2.05) is 82.3 Å². The highest BCUT2D eigenvalue weighted by molar-refractivity contribution is 8.00. The van der Waals surface area contributed by atoms with Crippen LogP contribution in [0, 0.1) is 19.7 Å². The van der Waals surface area contributed by atoms with E-state index in [-0.39, 0.29) is 41.2 Å². The van der Waals surface area contributed by atoms with Crippen molar-refractivity contribution in [1.29, 1.82) is 0 Å². The Morgan fingerprint density at radius 1 is 1.08 bits per heavy atom. The number of halogens is 1. The first-order chi connectivity index (χ1) is 18.7. The fourth-order valence-corrected chi connectivity index (χ4v) is 6.09. The Bertz CT molecular complexity index is 1530. The summed E-state index contributed by atoms with van der Waals surface area (Å²) in [5.41, 5.74) is 6.00. The van der Waals surface area contributed by atoms with Crippen molar-refractivity contribution < 1.29 is 14.0 Å². The van der Waals surface area contributed by atoms with Gasteiger partial charge in [-0.25, -0.2) is 9.07 Å². The topological polar surface area (TPSA) is 67.2 Å². The molecule has 200 valence electrons. The number of nitrogens with one attached hydrogen (secondary N) is 1. The summed E-state index contributed by atoms with van der Waals surface area (Å²) in [6.45, 7) is 7.68. The zero-order chi connectivity index (χ0) is 27.7. The molecular weight excluding hydrogens is 511 g/mol. The number of nitrogens with zero attached hydrogens (tertiary/aromatic N) is 3. The highest BCUT2D eigenvalue weighted by atomic mass is 32.2. The van der Waals surface area contributed by atoms with Crippen molar-refractivity contribution in [2.45, 2.75) is 39.0 Å². The molecule has 1 aliphatic heterocycles. The smallest absolute Gasteiger partial charge is 0.240 e. The van der Waals surface area contributed by atoms with Gasteiger partial charge in [0.2, 0.25) is 11.8 Å². The van der Waals surface area contributed by atoms with E-state index in [1.54, 1.807) is 15.6 Å². The summed E-state index contributed by atoms with van der Waals surface area (Å²) in [5.74, 6) is -0.142. The van der Waals surface area contributed by atoms with E-state index < -0.39 is 0 Å². The number of carbonyl (C=O) groups excluding carboxylic acids is 2. The van der Waals surface area contributed by atoms with Gasteiger partial charge in [0.05, 0.1) is 22.4 Å². The molecule has 2 heterocycles. The molecule has 1 aromatic heterocycles. The molecule has 0 bridgehead atoms. The van der Waals surface area contributed by atoms with Crippen LogP contribution in [0.1, 0.15) is 41.4 Å². The van der Waals surface area contributed by atoms with E-state index in [1.165, 1.54) is 23.9 Å². The van der Waals surface area contributed by atoms with Crippen molar-refractivity contribution in [3.63, 3.8) is 0 Å². The Morgan fingerprint density at radius 3 is 2.54 bits per heavy atom. The fraction of sp³-hybridized carbons (Fsp3) is 0.258. The molecule has 1 atom stereocenters. The van der Waals surface area contributed by atoms with Gasteiger partial charge < -0.3 is 5.32 Å². The maximum Gasteiger partial charge on any atom is 0.240 e. The zero-order valence-corrected chi connectivity index (χ0v) is 23.3. The second-order valence-corrected chi connectivity index (χ2v) is 11.1. The van der Waals surface area contributed by atoms with Gasteiger partial charge in [-0.15, -0.1) is 11.8 Å². The molecule has 8 heteroatoms. The monoisotopic (exact) mass is 542 g/mol. The quantitative estimate of drug-likeness (QED) is 0.325. The SMILES string of the molecule is Cc1cccc(-n2nc(-c3ccccc3)c3c2N(CC(=O)NC(C)C)C(=O)CS[C@H]3c2cccc(F)c2)c1C. The second-order valence-electron chi connectivity index (χ2n) is 10.0. The molecule has 5 rings (SSSR count). The Hall–Kier alpha value is -3.91. The van der Waals surface area contributed by atoms with Crippen LogP contribution in [0.25, 0.3) is 16.9 Å². The highest BCUT2D eigenvalue weighted by Crippen LogP contribution is 2.48. The minimum Gasteiger partial charge on any atom is -0.352 e. The van der Waals surface area contributed by atoms with Gasteiger partial charge in [0.25, 0.3) is 0 Å². The Labute approximate surface area is 232 Å². The largest absolute Gasteiger partial charge is 0.352 e. The van der Waals surface area contributed by atoms with Crippen molar-refractivity contribution in [2.24, 2.45) is 0 Å². The number of benzene rings is 3. The van der Waals surface area contributed by atoms with Crippen molar-refractivity contribution >= 4 is 29.4 Å². The highest BCUT2D eigenvalue weighted by Gasteiger charge is 2.38. The number of carbonyl (C=O) groups is 2. The van der Waals surface area contributed by atoms with E-state index in [4.69, 9.17) is 5.10 Å². The molecule has 2 amide bonds. The molecule has 0 spiro atoms. The molecule has 1 N–H and O–H groups in total. The summed E-state index contributed by atoms with van der Waals surface area (Å²) in [6.07, 6.45) is 0. The van der Waals surface area contributed by atoms with Crippen LogP contribution in [-0.4, -0.2) is 39.9 Å². The number of thioether (sulfide) groups is 1. The van der Waals surface area contributed by atoms with Crippen LogP contribution in [0.4, 0.5) is 10.2 Å². The van der Waals surface area contributed by atoms with Gasteiger partial charge in [-0.2, -0.15) is 5.10 Å². The predicted molar refractivity (Wildman–Crippen MR) is 155 cm³/mol. The molecule has 0 saturated heterocycles. The Kier molecular flexibility index (Phi) is 7.57. The maximum atomic E-state index is 14.5. The van der Waals surface area contributed by atoms with Crippen LogP contribution in [0.2, 0.25) is 0 Å². The first kappa shape index (κ1) is 26.7. The van der Waals surface area contributed by atoms with Gasteiger partial charge in [0, 0.05) is 17.2 Å². The molecule has 0 radical (unpaired) electrons. The second kappa shape index (κ2) is 11.1. The summed E-state index contributed by atoms with van der Waals surface area (Å²) in [6, 6.07) is 22.2. The molecule has 0 aliphatic carbocycles. The normalized spacial score (nSPS) is 15.3. The van der Waals surface area contributed by atoms with Crippen LogP contribution in [-0.2, 0) is 9.59 Å². The molecule has 4 aromatic rings. The first-order valence-corrected chi connectivity index (χ1v) is 14.0. The van der Waals surface area contributed by atoms with Gasteiger partial charge in [-0.1, -0.05) is 54.6 Å². The molecule has 39 heavy (non-hydrogen) atoms. The van der Waals surface area contributed by atoms with Crippen LogP contribution in [0.15, 0.2) is 72.8 Å². The van der Waals surface area contributed by atoms with E-state index in [0.717, 1.165) is 33.5 Å². The van der Waals surface area contributed by atoms with E-state index in [2.05, 4.69) is 5.32 Å². The lowest BCUT2D eigenvalue weighted by molar-refractivity contribution is -0.123. The first-order valence-electron chi connectivity index (χ1n) is 13.0. The summed E-state index contributed by atoms with van der Waals surface area (Å²) >= 11 is 1.42. The van der Waals surface area contributed by atoms with Crippen LogP contribution in [0.3, 0.4) is 0 Å². The maximum absolute atomic E-state index is 14.5. The average Bonchev–Trinajstić information content (AvgIpc) is 3.22. The molecule has 3 aromatic carbocycles. The summed E-state index contributed by atoms with van der Waals surface area (Å²) in [4.78, 5) is 28.3. The Morgan fingerprint density at radius 2 is 1.82 bits per heavy atom. The van der Waals surface area contributed by atoms with E-state index in [9.17, 15) is 14.0 Å². The zero-order valence-electron chi connectivity index (χ0n) is 22.4. The van der Waals surface area contributed by atoms with Gasteiger partial charge >= 0.3 is 0 Å². The number of aromatic nitrogens is 2. The third-order valence-corrected chi connectivity index (χ3v) is 8.10. The number of hydrogen-bond donors (Lipinski definition) is 1. The molecule has 0 saturated carbocycles. The van der Waals surface area contributed by atoms with Crippen LogP contribution >= 0.6 is 11.8 Å². The predicted octanol–water partition coefficient (Wildman–Crippen LogP) is 5.99. The fourth-order valence-electron chi connectivity index (χ4n) is 4.91. The van der Waals surface area contributed by atoms with Gasteiger partial charge in [0.1, 0.15) is 18.2 Å². The minimum absolute atomic E-state index is 0.0720. The average molecular weight is 543 g/mol. The number of rotatable bonds is 6. The lowest BCUT2D eigenvalue weighted by Gasteiger charge is -2.24. The summed E-state index contributed by atoms with van der Waals surface area (Å²) < 4.78 is 16.3. The lowest BCUT2D eigenvalue weighted by Crippen LogP contribution is -2.44. The van der Waals surface area contributed by atoms with Crippen molar-refractivity contribution in [1.82, 2.24) is 15.1 Å². The summed E-state index contributed by atoms with van der Waals surface area (Å²) in [5, 5.41) is 7.64. The van der Waals surface area contributed by atoms with Crippen LogP contribution in [0.5, 0.6) is 0 Å². The van der Waals surface area contributed by atoms with E-state index in [0.29, 0.717) is 11.5 Å². The molecule has 6 nitrogen and oxygen atoms in total. The number of aryl methyl sites for hydroxylation is 1. The number of fused-ring (bicyclic) bond motifs is 1. The molecule has 0 unspecified atom stereocenters. The number of anilines is 1. The minimum atomic E-state index is -0.383. The van der Waals surface area contributed by atoms with Crippen molar-refractivity contribution in [3.05, 3.63) is 101 Å². The standard InChI is InChI=1S/C31H31FN4O2S/c1-19(2)33-26(37)17-35-27(38)18-39-30(23-13-9-14-24(32)16-23)28-29(22-11-6-5-7-12-22)34-36(31(28)35)25-15-8-10-20(3)21(25)4/h5-16,19,30H,17-18H2,1-4H3,(H,33,37)/t30-/m0/s1. The van der Waals surface area contributed by atoms with Gasteiger partial charge in [-0.3, -0.25) is 14.5 Å². The molecule has 1 aliphatic rings. The lowest BCUT2D eigenvalue weighted by atomic mass is 9.99. The number of amides is 2. The van der Waals surface area contributed by atoms with Gasteiger partial charge in [-0.05, 0) is 62.6 Å². The third kappa shape index (κ3) is 5.34. The number of hydrogen-bond acceptors (Lipinski definition) is 4. The third-order valence-electron chi connectivity index (χ3n) is 6.84. The summed E-state index contributed by atoms with van der Waals surface area (Å²) in [7, 11) is 0.